The van der Waals surface area contributed by atoms with E-state index < -0.39 is 0 Å². The van der Waals surface area contributed by atoms with Crippen LogP contribution in [-0.4, -0.2) is 43.0 Å². The van der Waals surface area contributed by atoms with Crippen LogP contribution in [0.25, 0.3) is 0 Å². The molecule has 0 aliphatic rings. The van der Waals surface area contributed by atoms with Crippen molar-refractivity contribution in [3.8, 4) is 0 Å². The highest BCUT2D eigenvalue weighted by Gasteiger charge is 2.07. The van der Waals surface area contributed by atoms with E-state index >= 15 is 0 Å². The standard InChI is InChI=1S/C12H27N3O/c1-5-11(3)15(4)9-8-14-12(16)7-6-10(2)13/h10-11H,5-9,13H2,1-4H3,(H,14,16). The van der Waals surface area contributed by atoms with E-state index in [1.54, 1.807) is 0 Å². The summed E-state index contributed by atoms with van der Waals surface area (Å²) in [5, 5.41) is 2.91. The lowest BCUT2D eigenvalue weighted by molar-refractivity contribution is -0.121. The van der Waals surface area contributed by atoms with E-state index in [0.29, 0.717) is 12.5 Å². The van der Waals surface area contributed by atoms with E-state index in [4.69, 9.17) is 5.73 Å². The van der Waals surface area contributed by atoms with Gasteiger partial charge in [-0.15, -0.1) is 0 Å². The lowest BCUT2D eigenvalue weighted by Crippen LogP contribution is -2.37. The predicted molar refractivity (Wildman–Crippen MR) is 68.3 cm³/mol. The Labute approximate surface area is 99.6 Å². The summed E-state index contributed by atoms with van der Waals surface area (Å²) in [7, 11) is 2.09. The number of hydrogen-bond acceptors (Lipinski definition) is 3. The third kappa shape index (κ3) is 7.65. The first-order valence-electron chi connectivity index (χ1n) is 6.19. The van der Waals surface area contributed by atoms with Gasteiger partial charge in [-0.1, -0.05) is 6.92 Å². The maximum Gasteiger partial charge on any atom is 0.220 e. The first kappa shape index (κ1) is 15.4. The van der Waals surface area contributed by atoms with E-state index in [1.165, 1.54) is 0 Å². The van der Waals surface area contributed by atoms with Gasteiger partial charge in [-0.2, -0.15) is 0 Å². The molecule has 0 bridgehead atoms. The molecular formula is C12H27N3O. The van der Waals surface area contributed by atoms with Crippen LogP contribution < -0.4 is 11.1 Å². The highest BCUT2D eigenvalue weighted by Crippen LogP contribution is 1.98. The minimum Gasteiger partial charge on any atom is -0.355 e. The Balaban J connectivity index is 3.54. The largest absolute Gasteiger partial charge is 0.355 e. The second-order valence-electron chi connectivity index (χ2n) is 4.60. The summed E-state index contributed by atoms with van der Waals surface area (Å²) in [5.74, 6) is 0.106. The zero-order valence-corrected chi connectivity index (χ0v) is 11.1. The van der Waals surface area contributed by atoms with Gasteiger partial charge in [-0.3, -0.25) is 4.79 Å². The number of nitrogens with one attached hydrogen (secondary N) is 1. The van der Waals surface area contributed by atoms with Crippen LogP contribution in [-0.2, 0) is 4.79 Å². The molecular weight excluding hydrogens is 202 g/mol. The summed E-state index contributed by atoms with van der Waals surface area (Å²) >= 11 is 0. The Morgan fingerprint density at radius 3 is 2.56 bits per heavy atom. The van der Waals surface area contributed by atoms with Crippen molar-refractivity contribution in [2.75, 3.05) is 20.1 Å². The zero-order valence-electron chi connectivity index (χ0n) is 11.1. The number of amides is 1. The number of nitrogens with two attached hydrogens (primary N) is 1. The lowest BCUT2D eigenvalue weighted by atomic mass is 10.2. The topological polar surface area (TPSA) is 58.4 Å². The van der Waals surface area contributed by atoms with Crippen molar-refractivity contribution < 1.29 is 4.79 Å². The van der Waals surface area contributed by atoms with Gasteiger partial charge in [0, 0.05) is 31.6 Å². The molecule has 1 amide bonds. The lowest BCUT2D eigenvalue weighted by Gasteiger charge is -2.23. The van der Waals surface area contributed by atoms with Gasteiger partial charge < -0.3 is 16.0 Å². The SMILES string of the molecule is CCC(C)N(C)CCNC(=O)CCC(C)N. The maximum absolute atomic E-state index is 11.4. The molecule has 0 aliphatic heterocycles. The third-order valence-electron chi connectivity index (χ3n) is 2.96. The molecule has 0 aromatic heterocycles. The van der Waals surface area contributed by atoms with Gasteiger partial charge >= 0.3 is 0 Å². The van der Waals surface area contributed by atoms with Gasteiger partial charge in [0.2, 0.25) is 5.91 Å². The van der Waals surface area contributed by atoms with Crippen LogP contribution in [0.15, 0.2) is 0 Å². The normalized spacial score (nSPS) is 14.9. The van der Waals surface area contributed by atoms with Gasteiger partial charge in [-0.05, 0) is 33.7 Å². The highest BCUT2D eigenvalue weighted by atomic mass is 16.1. The molecule has 2 unspecified atom stereocenters. The van der Waals surface area contributed by atoms with Crippen LogP contribution in [0.4, 0.5) is 0 Å². The maximum atomic E-state index is 11.4. The van der Waals surface area contributed by atoms with E-state index in [-0.39, 0.29) is 11.9 Å². The first-order valence-corrected chi connectivity index (χ1v) is 6.19. The first-order chi connectivity index (χ1) is 7.47. The zero-order chi connectivity index (χ0) is 12.6. The van der Waals surface area contributed by atoms with E-state index in [1.807, 2.05) is 6.92 Å². The molecule has 0 spiro atoms. The molecule has 0 heterocycles. The van der Waals surface area contributed by atoms with Crippen molar-refractivity contribution in [1.82, 2.24) is 10.2 Å². The number of likely N-dealkylation sites (N-methyl/N-ethyl adjacent to an activating group) is 1. The van der Waals surface area contributed by atoms with Gasteiger partial charge in [0.15, 0.2) is 0 Å². The van der Waals surface area contributed by atoms with Crippen LogP contribution in [0.3, 0.4) is 0 Å². The Morgan fingerprint density at radius 2 is 2.06 bits per heavy atom. The Hall–Kier alpha value is -0.610. The highest BCUT2D eigenvalue weighted by molar-refractivity contribution is 5.75. The fourth-order valence-corrected chi connectivity index (χ4v) is 1.35. The van der Waals surface area contributed by atoms with Crippen LogP contribution in [0, 0.1) is 0 Å². The smallest absolute Gasteiger partial charge is 0.220 e. The molecule has 0 aromatic rings. The Bertz CT molecular complexity index is 195. The monoisotopic (exact) mass is 229 g/mol. The second kappa shape index (κ2) is 8.53. The Kier molecular flexibility index (Phi) is 8.21. The molecule has 0 rings (SSSR count). The molecule has 0 saturated carbocycles. The fraction of sp³-hybridized carbons (Fsp3) is 0.917. The summed E-state index contributed by atoms with van der Waals surface area (Å²) < 4.78 is 0. The number of rotatable bonds is 8. The Morgan fingerprint density at radius 1 is 1.44 bits per heavy atom. The van der Waals surface area contributed by atoms with Crippen molar-refractivity contribution >= 4 is 5.91 Å². The molecule has 4 heteroatoms. The van der Waals surface area contributed by atoms with Crippen LogP contribution in [0.5, 0.6) is 0 Å². The average Bonchev–Trinajstić information content (AvgIpc) is 2.24. The minimum atomic E-state index is 0.105. The predicted octanol–water partition coefficient (Wildman–Crippen LogP) is 0.960. The number of hydrogen-bond donors (Lipinski definition) is 2. The molecule has 0 fully saturated rings. The molecule has 4 nitrogen and oxygen atoms in total. The van der Waals surface area contributed by atoms with Gasteiger partial charge in [0.25, 0.3) is 0 Å². The molecule has 3 N–H and O–H groups in total. The molecule has 0 saturated heterocycles. The minimum absolute atomic E-state index is 0.105. The molecule has 16 heavy (non-hydrogen) atoms. The van der Waals surface area contributed by atoms with E-state index in [9.17, 15) is 4.79 Å². The van der Waals surface area contributed by atoms with Gasteiger partial charge in [0.1, 0.15) is 0 Å². The summed E-state index contributed by atoms with van der Waals surface area (Å²) in [6.45, 7) is 7.90. The number of carbonyl (C=O) groups excluding carboxylic acids is 1. The number of nitrogens with zero attached hydrogens (tertiary/aromatic N) is 1. The van der Waals surface area contributed by atoms with Gasteiger partial charge in [0.05, 0.1) is 0 Å². The average molecular weight is 229 g/mol. The summed E-state index contributed by atoms with van der Waals surface area (Å²) in [4.78, 5) is 13.6. The summed E-state index contributed by atoms with van der Waals surface area (Å²) in [5.41, 5.74) is 5.59. The molecule has 2 atom stereocenters. The second-order valence-corrected chi connectivity index (χ2v) is 4.60. The van der Waals surface area contributed by atoms with E-state index in [2.05, 4.69) is 31.1 Å². The van der Waals surface area contributed by atoms with Gasteiger partial charge in [-0.25, -0.2) is 0 Å². The van der Waals surface area contributed by atoms with Crippen molar-refractivity contribution in [3.63, 3.8) is 0 Å². The fourth-order valence-electron chi connectivity index (χ4n) is 1.35. The van der Waals surface area contributed by atoms with E-state index in [0.717, 1.165) is 25.9 Å². The van der Waals surface area contributed by atoms with Crippen molar-refractivity contribution in [3.05, 3.63) is 0 Å². The van der Waals surface area contributed by atoms with Crippen molar-refractivity contribution in [2.45, 2.75) is 52.1 Å². The van der Waals surface area contributed by atoms with Crippen molar-refractivity contribution in [1.29, 1.82) is 0 Å². The molecule has 0 aromatic carbocycles. The number of carbonyl (C=O) groups is 1. The van der Waals surface area contributed by atoms with Crippen LogP contribution in [0.1, 0.15) is 40.0 Å². The summed E-state index contributed by atoms with van der Waals surface area (Å²) in [6.07, 6.45) is 2.42. The van der Waals surface area contributed by atoms with Crippen molar-refractivity contribution in [2.24, 2.45) is 5.73 Å². The molecule has 0 radical (unpaired) electrons. The van der Waals surface area contributed by atoms with Crippen LogP contribution >= 0.6 is 0 Å². The molecule has 96 valence electrons. The molecule has 0 aliphatic carbocycles. The third-order valence-corrected chi connectivity index (χ3v) is 2.96. The van der Waals surface area contributed by atoms with Crippen LogP contribution in [0.2, 0.25) is 0 Å². The summed E-state index contributed by atoms with van der Waals surface area (Å²) in [6, 6.07) is 0.675. The quantitative estimate of drug-likeness (QED) is 0.652.